The Hall–Kier alpha value is -2.42. The maximum Gasteiger partial charge on any atom is 0.443 e. The summed E-state index contributed by atoms with van der Waals surface area (Å²) in [5.41, 5.74) is 0. The number of carbonyl (C=O) groups is 2. The van der Waals surface area contributed by atoms with Crippen LogP contribution >= 0.6 is 11.8 Å². The molecule has 0 atom stereocenters. The van der Waals surface area contributed by atoms with E-state index in [-0.39, 0.29) is 30.5 Å². The number of anilines is 1. The third-order valence-corrected chi connectivity index (χ3v) is 3.79. The second kappa shape index (κ2) is 5.52. The van der Waals surface area contributed by atoms with Crippen molar-refractivity contribution >= 4 is 29.8 Å². The van der Waals surface area contributed by atoms with Gasteiger partial charge < -0.3 is 14.5 Å². The van der Waals surface area contributed by atoms with Crippen molar-refractivity contribution in [1.29, 1.82) is 0 Å². The highest BCUT2D eigenvalue weighted by atomic mass is 32.2. The molecule has 1 N–H and O–H groups in total. The number of rotatable bonds is 4. The van der Waals surface area contributed by atoms with Crippen LogP contribution in [0.15, 0.2) is 26.2 Å². The number of aromatic nitrogens is 3. The molecule has 21 heavy (non-hydrogen) atoms. The smallest absolute Gasteiger partial charge is 0.392 e. The number of thioether (sulfide) groups is 1. The van der Waals surface area contributed by atoms with E-state index in [0.717, 1.165) is 15.9 Å². The number of amides is 1. The monoisotopic (exact) mass is 306 g/mol. The van der Waals surface area contributed by atoms with Gasteiger partial charge in [-0.05, 0) is 12.1 Å². The van der Waals surface area contributed by atoms with Gasteiger partial charge in [-0.1, -0.05) is 0 Å². The van der Waals surface area contributed by atoms with Gasteiger partial charge in [0.1, 0.15) is 12.1 Å². The average Bonchev–Trinajstić information content (AvgIpc) is 2.85. The fourth-order valence-corrected chi connectivity index (χ4v) is 2.57. The first-order chi connectivity index (χ1) is 10.2. The Morgan fingerprint density at radius 2 is 2.29 bits per heavy atom. The number of carbonyl (C=O) groups excluding carboxylic acids is 2. The third kappa shape index (κ3) is 2.72. The van der Waals surface area contributed by atoms with Crippen molar-refractivity contribution in [2.45, 2.75) is 17.7 Å². The van der Waals surface area contributed by atoms with Crippen LogP contribution in [0.1, 0.15) is 12.3 Å². The quantitative estimate of drug-likeness (QED) is 0.814. The lowest BCUT2D eigenvalue weighted by atomic mass is 10.3. The number of hydrogen-bond donors (Lipinski definition) is 1. The second-order valence-electron chi connectivity index (χ2n) is 4.23. The highest BCUT2D eigenvalue weighted by molar-refractivity contribution is 8.00. The molecule has 0 saturated carbocycles. The van der Waals surface area contributed by atoms with E-state index in [1.54, 1.807) is 12.1 Å². The Bertz CT molecular complexity index is 767. The molecule has 0 aliphatic carbocycles. The van der Waals surface area contributed by atoms with E-state index >= 15 is 0 Å². The lowest BCUT2D eigenvalue weighted by molar-refractivity contribution is -0.114. The topological polar surface area (TPSA) is 107 Å². The molecule has 0 spiro atoms. The molecule has 108 valence electrons. The molecule has 0 saturated heterocycles. The molecule has 9 heteroatoms. The summed E-state index contributed by atoms with van der Waals surface area (Å²) in [5, 5.41) is 6.62. The molecule has 1 aliphatic heterocycles. The minimum atomic E-state index is -0.682. The van der Waals surface area contributed by atoms with Gasteiger partial charge in [-0.3, -0.25) is 4.79 Å². The highest BCUT2D eigenvalue weighted by Crippen LogP contribution is 2.30. The van der Waals surface area contributed by atoms with Gasteiger partial charge in [0.15, 0.2) is 5.82 Å². The molecule has 1 aliphatic rings. The first kappa shape index (κ1) is 13.6. The van der Waals surface area contributed by atoms with Crippen LogP contribution < -0.4 is 11.1 Å². The molecule has 8 nitrogen and oxygen atoms in total. The molecular formula is C12H10N4O4S. The summed E-state index contributed by atoms with van der Waals surface area (Å²) < 4.78 is 5.95. The summed E-state index contributed by atoms with van der Waals surface area (Å²) in [6, 6.07) is 3.38. The Morgan fingerprint density at radius 3 is 3.10 bits per heavy atom. The van der Waals surface area contributed by atoms with Gasteiger partial charge in [-0.2, -0.15) is 0 Å². The Morgan fingerprint density at radius 1 is 1.43 bits per heavy atom. The maximum absolute atomic E-state index is 11.7. The summed E-state index contributed by atoms with van der Waals surface area (Å²) in [6.07, 6.45) is 1.20. The van der Waals surface area contributed by atoms with Gasteiger partial charge >= 0.3 is 5.76 Å². The minimum Gasteiger partial charge on any atom is -0.392 e. The number of aryl methyl sites for hydroxylation is 1. The molecule has 2 aromatic heterocycles. The normalized spacial score (nSPS) is 13.6. The van der Waals surface area contributed by atoms with E-state index in [0.29, 0.717) is 11.6 Å². The van der Waals surface area contributed by atoms with Gasteiger partial charge in [-0.15, -0.1) is 21.5 Å². The van der Waals surface area contributed by atoms with Crippen LogP contribution in [0, 0.1) is 0 Å². The van der Waals surface area contributed by atoms with Crippen LogP contribution in [0.3, 0.4) is 0 Å². The molecule has 0 aromatic carbocycles. The number of fused-ring (bicyclic) bond motifs is 1. The fraction of sp³-hybridized carbons (Fsp3) is 0.250. The van der Waals surface area contributed by atoms with Crippen molar-refractivity contribution in [3.05, 3.63) is 28.6 Å². The standard InChI is InChI=1S/C12H10N4O4S/c17-5-1-2-10-15-16(12(19)20-10)8-4-3-7-11(13-8)14-9(18)6-21-7/h3-5H,1-2,6H2,(H,13,14,18). The van der Waals surface area contributed by atoms with Crippen LogP contribution in [0.25, 0.3) is 5.82 Å². The Kier molecular flexibility index (Phi) is 3.57. The van der Waals surface area contributed by atoms with Crippen molar-refractivity contribution in [1.82, 2.24) is 14.8 Å². The predicted octanol–water partition coefficient (Wildman–Crippen LogP) is 0.396. The van der Waals surface area contributed by atoms with Crippen LogP contribution in [-0.2, 0) is 16.0 Å². The maximum atomic E-state index is 11.7. The Balaban J connectivity index is 1.95. The van der Waals surface area contributed by atoms with Crippen molar-refractivity contribution in [3.63, 3.8) is 0 Å². The average molecular weight is 306 g/mol. The molecular weight excluding hydrogens is 296 g/mol. The molecule has 3 rings (SSSR count). The first-order valence-corrected chi connectivity index (χ1v) is 7.12. The largest absolute Gasteiger partial charge is 0.443 e. The first-order valence-electron chi connectivity index (χ1n) is 6.14. The van der Waals surface area contributed by atoms with Crippen LogP contribution in [0.5, 0.6) is 0 Å². The number of aldehydes is 1. The molecule has 3 heterocycles. The van der Waals surface area contributed by atoms with Gasteiger partial charge in [0.25, 0.3) is 0 Å². The van der Waals surface area contributed by atoms with Crippen molar-refractivity contribution in [2.24, 2.45) is 0 Å². The second-order valence-corrected chi connectivity index (χ2v) is 5.25. The van der Waals surface area contributed by atoms with E-state index in [1.165, 1.54) is 11.8 Å². The van der Waals surface area contributed by atoms with E-state index < -0.39 is 5.76 Å². The van der Waals surface area contributed by atoms with Crippen LogP contribution in [0.2, 0.25) is 0 Å². The summed E-state index contributed by atoms with van der Waals surface area (Å²) in [7, 11) is 0. The Labute approximate surface area is 122 Å². The molecule has 0 bridgehead atoms. The SMILES string of the molecule is O=CCCc1nn(-c2ccc3c(n2)NC(=O)CS3)c(=O)o1. The molecule has 2 aromatic rings. The zero-order chi connectivity index (χ0) is 14.8. The summed E-state index contributed by atoms with van der Waals surface area (Å²) in [5.74, 6) is 0.341. The summed E-state index contributed by atoms with van der Waals surface area (Å²) >= 11 is 1.38. The predicted molar refractivity (Wildman–Crippen MR) is 73.6 cm³/mol. The lowest BCUT2D eigenvalue weighted by Gasteiger charge is -2.15. The molecule has 1 amide bonds. The van der Waals surface area contributed by atoms with Gasteiger partial charge in [-0.25, -0.2) is 9.78 Å². The number of nitrogens with one attached hydrogen (secondary N) is 1. The number of hydrogen-bond acceptors (Lipinski definition) is 7. The van der Waals surface area contributed by atoms with Crippen LogP contribution in [-0.4, -0.2) is 32.7 Å². The van der Waals surface area contributed by atoms with Crippen LogP contribution in [0.4, 0.5) is 5.82 Å². The summed E-state index contributed by atoms with van der Waals surface area (Å²) in [6.45, 7) is 0. The third-order valence-electron chi connectivity index (χ3n) is 2.74. The van der Waals surface area contributed by atoms with Crippen molar-refractivity contribution in [2.75, 3.05) is 11.1 Å². The van der Waals surface area contributed by atoms with Gasteiger partial charge in [0.05, 0.1) is 10.6 Å². The summed E-state index contributed by atoms with van der Waals surface area (Å²) in [4.78, 5) is 38.5. The van der Waals surface area contributed by atoms with E-state index in [2.05, 4.69) is 15.4 Å². The molecule has 0 unspecified atom stereocenters. The lowest BCUT2D eigenvalue weighted by Crippen LogP contribution is -2.21. The molecule has 0 radical (unpaired) electrons. The van der Waals surface area contributed by atoms with Crippen molar-refractivity contribution in [3.8, 4) is 5.82 Å². The van der Waals surface area contributed by atoms with E-state index in [4.69, 9.17) is 4.42 Å². The zero-order valence-corrected chi connectivity index (χ0v) is 11.6. The van der Waals surface area contributed by atoms with E-state index in [9.17, 15) is 14.4 Å². The van der Waals surface area contributed by atoms with Crippen molar-refractivity contribution < 1.29 is 14.0 Å². The van der Waals surface area contributed by atoms with E-state index in [1.807, 2.05) is 0 Å². The molecule has 0 fully saturated rings. The van der Waals surface area contributed by atoms with Gasteiger partial charge in [0, 0.05) is 12.8 Å². The number of nitrogens with zero attached hydrogens (tertiary/aromatic N) is 3. The zero-order valence-electron chi connectivity index (χ0n) is 10.7. The fourth-order valence-electron chi connectivity index (χ4n) is 1.82. The number of pyridine rings is 1. The highest BCUT2D eigenvalue weighted by Gasteiger charge is 2.19. The minimum absolute atomic E-state index is 0.142. The van der Waals surface area contributed by atoms with Gasteiger partial charge in [0.2, 0.25) is 11.8 Å².